The van der Waals surface area contributed by atoms with Crippen molar-refractivity contribution in [3.63, 3.8) is 0 Å². The van der Waals surface area contributed by atoms with Crippen molar-refractivity contribution in [1.82, 2.24) is 10.2 Å². The first-order valence-electron chi connectivity index (χ1n) is 6.36. The fourth-order valence-corrected chi connectivity index (χ4v) is 2.59. The smallest absolute Gasteiger partial charge is 0.155 e. The Bertz CT molecular complexity index is 417. The van der Waals surface area contributed by atoms with Gasteiger partial charge in [-0.15, -0.1) is 10.2 Å². The molecule has 4 nitrogen and oxygen atoms in total. The second-order valence-corrected chi connectivity index (χ2v) is 5.31. The van der Waals surface area contributed by atoms with E-state index in [1.165, 1.54) is 0 Å². The van der Waals surface area contributed by atoms with Gasteiger partial charge in [-0.05, 0) is 43.7 Å². The van der Waals surface area contributed by atoms with E-state index in [2.05, 4.69) is 22.0 Å². The molecule has 1 fully saturated rings. The molecule has 2 rings (SSSR count). The van der Waals surface area contributed by atoms with Gasteiger partial charge in [-0.25, -0.2) is 0 Å². The predicted octanol–water partition coefficient (Wildman–Crippen LogP) is 2.61. The van der Waals surface area contributed by atoms with E-state index in [-0.39, 0.29) is 0 Å². The Morgan fingerprint density at radius 3 is 2.50 bits per heavy atom. The third-order valence-corrected chi connectivity index (χ3v) is 4.12. The Labute approximate surface area is 113 Å². The highest BCUT2D eigenvalue weighted by molar-refractivity contribution is 6.30. The molecule has 1 aliphatic rings. The highest BCUT2D eigenvalue weighted by Gasteiger charge is 2.22. The maximum absolute atomic E-state index is 5.98. The zero-order chi connectivity index (χ0) is 13.1. The fraction of sp³-hybridized carbons (Fsp3) is 0.692. The summed E-state index contributed by atoms with van der Waals surface area (Å²) in [4.78, 5) is 2.30. The van der Waals surface area contributed by atoms with E-state index in [4.69, 9.17) is 16.3 Å². The van der Waals surface area contributed by atoms with Crippen LogP contribution in [0.25, 0.3) is 0 Å². The molecule has 100 valence electrons. The van der Waals surface area contributed by atoms with Crippen LogP contribution in [-0.4, -0.2) is 37.0 Å². The lowest BCUT2D eigenvalue weighted by Gasteiger charge is -2.33. The van der Waals surface area contributed by atoms with Crippen LogP contribution in [0.5, 0.6) is 0 Å². The molecule has 0 spiro atoms. The monoisotopic (exact) mass is 269 g/mol. The highest BCUT2D eigenvalue weighted by atomic mass is 35.5. The van der Waals surface area contributed by atoms with Crippen molar-refractivity contribution >= 4 is 17.4 Å². The van der Waals surface area contributed by atoms with Crippen LogP contribution in [0, 0.1) is 19.8 Å². The van der Waals surface area contributed by atoms with Crippen molar-refractivity contribution in [1.29, 1.82) is 0 Å². The van der Waals surface area contributed by atoms with Gasteiger partial charge in [0.25, 0.3) is 0 Å². The SMILES string of the molecule is COCC1CCN(c2nnc(Cl)c(C)c2C)CC1. The third kappa shape index (κ3) is 2.75. The van der Waals surface area contributed by atoms with Crippen LogP contribution in [0.15, 0.2) is 0 Å². The van der Waals surface area contributed by atoms with Gasteiger partial charge in [0.1, 0.15) is 0 Å². The number of rotatable bonds is 3. The Morgan fingerprint density at radius 1 is 1.22 bits per heavy atom. The lowest BCUT2D eigenvalue weighted by molar-refractivity contribution is 0.139. The molecule has 0 amide bonds. The molecule has 5 heteroatoms. The molecule has 0 unspecified atom stereocenters. The number of piperidine rings is 1. The molecule has 0 radical (unpaired) electrons. The van der Waals surface area contributed by atoms with E-state index in [1.807, 2.05) is 6.92 Å². The average Bonchev–Trinajstić information content (AvgIpc) is 2.38. The van der Waals surface area contributed by atoms with Gasteiger partial charge in [-0.1, -0.05) is 11.6 Å². The molecule has 1 aromatic heterocycles. The third-order valence-electron chi connectivity index (χ3n) is 3.76. The van der Waals surface area contributed by atoms with E-state index in [9.17, 15) is 0 Å². The molecule has 0 saturated carbocycles. The maximum Gasteiger partial charge on any atom is 0.155 e. The molecule has 18 heavy (non-hydrogen) atoms. The number of anilines is 1. The van der Waals surface area contributed by atoms with E-state index in [0.717, 1.165) is 49.5 Å². The molecule has 1 aliphatic heterocycles. The van der Waals surface area contributed by atoms with Crippen LogP contribution < -0.4 is 4.90 Å². The minimum Gasteiger partial charge on any atom is -0.384 e. The van der Waals surface area contributed by atoms with Crippen molar-refractivity contribution in [2.75, 3.05) is 31.7 Å². The summed E-state index contributed by atoms with van der Waals surface area (Å²) in [7, 11) is 1.77. The first kappa shape index (κ1) is 13.6. The lowest BCUT2D eigenvalue weighted by Crippen LogP contribution is -2.36. The Kier molecular flexibility index (Phi) is 4.40. The summed E-state index contributed by atoms with van der Waals surface area (Å²) >= 11 is 5.98. The molecule has 0 aromatic carbocycles. The van der Waals surface area contributed by atoms with Crippen LogP contribution in [0.2, 0.25) is 5.15 Å². The van der Waals surface area contributed by atoms with Crippen molar-refractivity contribution in [3.05, 3.63) is 16.3 Å². The molecule has 0 aliphatic carbocycles. The Balaban J connectivity index is 2.08. The summed E-state index contributed by atoms with van der Waals surface area (Å²) in [5, 5.41) is 8.77. The summed E-state index contributed by atoms with van der Waals surface area (Å²) < 4.78 is 5.22. The van der Waals surface area contributed by atoms with Crippen molar-refractivity contribution < 1.29 is 4.74 Å². The number of methoxy groups -OCH3 is 1. The van der Waals surface area contributed by atoms with Crippen LogP contribution in [-0.2, 0) is 4.74 Å². The number of halogens is 1. The first-order valence-corrected chi connectivity index (χ1v) is 6.74. The number of ether oxygens (including phenoxy) is 1. The van der Waals surface area contributed by atoms with Gasteiger partial charge in [0.05, 0.1) is 0 Å². The van der Waals surface area contributed by atoms with Crippen LogP contribution in [0.1, 0.15) is 24.0 Å². The minimum atomic E-state index is 0.505. The summed E-state index contributed by atoms with van der Waals surface area (Å²) in [6.45, 7) is 6.95. The normalized spacial score (nSPS) is 17.2. The van der Waals surface area contributed by atoms with Crippen molar-refractivity contribution in [3.8, 4) is 0 Å². The van der Waals surface area contributed by atoms with Gasteiger partial charge < -0.3 is 9.64 Å². The molecule has 2 heterocycles. The van der Waals surface area contributed by atoms with Crippen molar-refractivity contribution in [2.45, 2.75) is 26.7 Å². The summed E-state index contributed by atoms with van der Waals surface area (Å²) in [5.74, 6) is 1.65. The second kappa shape index (κ2) is 5.85. The number of hydrogen-bond acceptors (Lipinski definition) is 4. The van der Waals surface area contributed by atoms with Gasteiger partial charge in [0.2, 0.25) is 0 Å². The van der Waals surface area contributed by atoms with Gasteiger partial charge in [0, 0.05) is 26.8 Å². The van der Waals surface area contributed by atoms with Crippen LogP contribution in [0.4, 0.5) is 5.82 Å². The summed E-state index contributed by atoms with van der Waals surface area (Å²) in [6, 6.07) is 0. The van der Waals surface area contributed by atoms with E-state index < -0.39 is 0 Å². The Hall–Kier alpha value is -0.870. The maximum atomic E-state index is 5.98. The molecular formula is C13H20ClN3O. The Morgan fingerprint density at radius 2 is 1.89 bits per heavy atom. The standard InChI is InChI=1S/C13H20ClN3O/c1-9-10(2)13(16-15-12(9)14)17-6-4-11(5-7-17)8-18-3/h11H,4-8H2,1-3H3. The summed E-state index contributed by atoms with van der Waals surface area (Å²) in [5.41, 5.74) is 2.17. The fourth-order valence-electron chi connectivity index (χ4n) is 2.41. The molecule has 1 saturated heterocycles. The number of hydrogen-bond donors (Lipinski definition) is 0. The first-order chi connectivity index (χ1) is 8.63. The second-order valence-electron chi connectivity index (χ2n) is 4.95. The van der Waals surface area contributed by atoms with Gasteiger partial charge in [-0.2, -0.15) is 0 Å². The quantitative estimate of drug-likeness (QED) is 0.846. The zero-order valence-electron chi connectivity index (χ0n) is 11.2. The average molecular weight is 270 g/mol. The molecule has 1 aromatic rings. The largest absolute Gasteiger partial charge is 0.384 e. The van der Waals surface area contributed by atoms with E-state index in [1.54, 1.807) is 7.11 Å². The van der Waals surface area contributed by atoms with Crippen LogP contribution >= 0.6 is 11.6 Å². The molecule has 0 N–H and O–H groups in total. The molecule has 0 bridgehead atoms. The van der Waals surface area contributed by atoms with Gasteiger partial charge in [-0.3, -0.25) is 0 Å². The van der Waals surface area contributed by atoms with E-state index in [0.29, 0.717) is 11.1 Å². The topological polar surface area (TPSA) is 38.2 Å². The minimum absolute atomic E-state index is 0.505. The zero-order valence-corrected chi connectivity index (χ0v) is 12.0. The summed E-state index contributed by atoms with van der Waals surface area (Å²) in [6.07, 6.45) is 2.30. The number of aromatic nitrogens is 2. The lowest BCUT2D eigenvalue weighted by atomic mass is 9.97. The number of nitrogens with zero attached hydrogens (tertiary/aromatic N) is 3. The highest BCUT2D eigenvalue weighted by Crippen LogP contribution is 2.27. The molecular weight excluding hydrogens is 250 g/mol. The predicted molar refractivity (Wildman–Crippen MR) is 73.3 cm³/mol. The van der Waals surface area contributed by atoms with Crippen LogP contribution in [0.3, 0.4) is 0 Å². The van der Waals surface area contributed by atoms with Gasteiger partial charge in [0.15, 0.2) is 11.0 Å². The van der Waals surface area contributed by atoms with E-state index >= 15 is 0 Å². The van der Waals surface area contributed by atoms with Gasteiger partial charge >= 0.3 is 0 Å². The molecule has 0 atom stereocenters. The van der Waals surface area contributed by atoms with Crippen molar-refractivity contribution in [2.24, 2.45) is 5.92 Å².